The van der Waals surface area contributed by atoms with Crippen LogP contribution in [-0.2, 0) is 9.53 Å². The Labute approximate surface area is 101 Å². The average Bonchev–Trinajstić information content (AvgIpc) is 2.35. The number of para-hydroxylation sites is 1. The van der Waals surface area contributed by atoms with E-state index in [4.69, 9.17) is 10.5 Å². The highest BCUT2D eigenvalue weighted by molar-refractivity contribution is 5.97. The van der Waals surface area contributed by atoms with Gasteiger partial charge in [0.2, 0.25) is 0 Å². The molecule has 1 aromatic carbocycles. The zero-order chi connectivity index (χ0) is 12.3. The van der Waals surface area contributed by atoms with Gasteiger partial charge in [0.05, 0.1) is 11.4 Å². The second kappa shape index (κ2) is 5.19. The Balaban J connectivity index is 2.07. The Morgan fingerprint density at radius 1 is 1.47 bits per heavy atom. The maximum absolute atomic E-state index is 12.0. The number of hydrogen-bond donors (Lipinski definition) is 2. The van der Waals surface area contributed by atoms with E-state index in [-0.39, 0.29) is 12.0 Å². The summed E-state index contributed by atoms with van der Waals surface area (Å²) in [7, 11) is 0. The molecule has 1 aromatic rings. The van der Waals surface area contributed by atoms with Gasteiger partial charge in [-0.05, 0) is 37.8 Å². The number of rotatable bonds is 2. The van der Waals surface area contributed by atoms with E-state index in [9.17, 15) is 4.79 Å². The minimum Gasteiger partial charge on any atom is -0.397 e. The molecule has 2 rings (SSSR count). The summed E-state index contributed by atoms with van der Waals surface area (Å²) in [5, 5.41) is 2.86. The SMILES string of the molecule is Cc1cccc(N)c1NC(=O)C1CCCCO1. The summed E-state index contributed by atoms with van der Waals surface area (Å²) in [6, 6.07) is 5.58. The van der Waals surface area contributed by atoms with E-state index in [1.807, 2.05) is 19.1 Å². The van der Waals surface area contributed by atoms with Crippen molar-refractivity contribution in [2.75, 3.05) is 17.7 Å². The number of carbonyl (C=O) groups is 1. The number of amides is 1. The fraction of sp³-hybridized carbons (Fsp3) is 0.462. The first-order valence-corrected chi connectivity index (χ1v) is 5.96. The Bertz CT molecular complexity index is 392. The monoisotopic (exact) mass is 234 g/mol. The molecule has 0 aliphatic carbocycles. The second-order valence-electron chi connectivity index (χ2n) is 4.38. The lowest BCUT2D eigenvalue weighted by atomic mass is 10.1. The maximum atomic E-state index is 12.0. The minimum atomic E-state index is -0.331. The standard InChI is InChI=1S/C13H18N2O2/c1-9-5-4-6-10(14)12(9)15-13(16)11-7-2-3-8-17-11/h4-6,11H,2-3,7-8,14H2,1H3,(H,15,16). The highest BCUT2D eigenvalue weighted by Crippen LogP contribution is 2.23. The third-order valence-electron chi connectivity index (χ3n) is 3.03. The lowest BCUT2D eigenvalue weighted by Gasteiger charge is -2.22. The van der Waals surface area contributed by atoms with Gasteiger partial charge in [-0.2, -0.15) is 0 Å². The number of nitrogen functional groups attached to an aromatic ring is 1. The fourth-order valence-electron chi connectivity index (χ4n) is 2.01. The lowest BCUT2D eigenvalue weighted by molar-refractivity contribution is -0.129. The molecule has 1 atom stereocenters. The number of nitrogens with two attached hydrogens (primary N) is 1. The number of anilines is 2. The maximum Gasteiger partial charge on any atom is 0.253 e. The normalized spacial score (nSPS) is 19.9. The number of nitrogens with one attached hydrogen (secondary N) is 1. The van der Waals surface area contributed by atoms with Gasteiger partial charge in [0.15, 0.2) is 0 Å². The minimum absolute atomic E-state index is 0.0919. The average molecular weight is 234 g/mol. The molecular weight excluding hydrogens is 216 g/mol. The molecule has 0 aromatic heterocycles. The summed E-state index contributed by atoms with van der Waals surface area (Å²) in [4.78, 5) is 12.0. The van der Waals surface area contributed by atoms with E-state index < -0.39 is 0 Å². The van der Waals surface area contributed by atoms with E-state index >= 15 is 0 Å². The fourth-order valence-corrected chi connectivity index (χ4v) is 2.01. The van der Waals surface area contributed by atoms with Crippen molar-refractivity contribution in [1.29, 1.82) is 0 Å². The summed E-state index contributed by atoms with van der Waals surface area (Å²) in [6.07, 6.45) is 2.54. The molecule has 1 saturated heterocycles. The van der Waals surface area contributed by atoms with Crippen LogP contribution in [0.3, 0.4) is 0 Å². The van der Waals surface area contributed by atoms with Crippen LogP contribution in [0.25, 0.3) is 0 Å². The molecule has 1 aliphatic rings. The van der Waals surface area contributed by atoms with Crippen LogP contribution in [0, 0.1) is 6.92 Å². The van der Waals surface area contributed by atoms with Crippen LogP contribution in [0.15, 0.2) is 18.2 Å². The third kappa shape index (κ3) is 2.77. The summed E-state index contributed by atoms with van der Waals surface area (Å²) in [5.74, 6) is -0.0919. The number of carbonyl (C=O) groups excluding carboxylic acids is 1. The molecule has 17 heavy (non-hydrogen) atoms. The van der Waals surface area contributed by atoms with Crippen molar-refractivity contribution < 1.29 is 9.53 Å². The summed E-state index contributed by atoms with van der Waals surface area (Å²) >= 11 is 0. The van der Waals surface area contributed by atoms with Gasteiger partial charge in [-0.3, -0.25) is 4.79 Å². The first kappa shape index (κ1) is 11.9. The largest absolute Gasteiger partial charge is 0.397 e. The van der Waals surface area contributed by atoms with Gasteiger partial charge in [-0.1, -0.05) is 12.1 Å². The van der Waals surface area contributed by atoms with Gasteiger partial charge < -0.3 is 15.8 Å². The van der Waals surface area contributed by atoms with Crippen molar-refractivity contribution in [3.05, 3.63) is 23.8 Å². The van der Waals surface area contributed by atoms with E-state index in [2.05, 4.69) is 5.32 Å². The van der Waals surface area contributed by atoms with Crippen LogP contribution in [0.1, 0.15) is 24.8 Å². The highest BCUT2D eigenvalue weighted by atomic mass is 16.5. The van der Waals surface area contributed by atoms with Gasteiger partial charge >= 0.3 is 0 Å². The lowest BCUT2D eigenvalue weighted by Crippen LogP contribution is -2.33. The van der Waals surface area contributed by atoms with Crippen LogP contribution in [0.2, 0.25) is 0 Å². The molecule has 1 unspecified atom stereocenters. The molecule has 1 fully saturated rings. The van der Waals surface area contributed by atoms with Crippen molar-refractivity contribution in [1.82, 2.24) is 0 Å². The molecule has 0 spiro atoms. The van der Waals surface area contributed by atoms with E-state index in [1.165, 1.54) is 0 Å². The molecule has 0 saturated carbocycles. The first-order valence-electron chi connectivity index (χ1n) is 5.96. The number of aryl methyl sites for hydroxylation is 1. The van der Waals surface area contributed by atoms with Crippen LogP contribution in [0.5, 0.6) is 0 Å². The highest BCUT2D eigenvalue weighted by Gasteiger charge is 2.22. The van der Waals surface area contributed by atoms with E-state index in [0.29, 0.717) is 18.0 Å². The molecule has 4 heteroatoms. The molecule has 1 aliphatic heterocycles. The zero-order valence-corrected chi connectivity index (χ0v) is 10.0. The van der Waals surface area contributed by atoms with Gasteiger partial charge in [0.25, 0.3) is 5.91 Å². The quantitative estimate of drug-likeness (QED) is 0.770. The first-order chi connectivity index (χ1) is 8.18. The predicted molar refractivity (Wildman–Crippen MR) is 67.8 cm³/mol. The summed E-state index contributed by atoms with van der Waals surface area (Å²) < 4.78 is 5.44. The second-order valence-corrected chi connectivity index (χ2v) is 4.38. The Morgan fingerprint density at radius 3 is 2.94 bits per heavy atom. The van der Waals surface area contributed by atoms with Crippen LogP contribution < -0.4 is 11.1 Å². The van der Waals surface area contributed by atoms with Crippen molar-refractivity contribution in [2.45, 2.75) is 32.3 Å². The van der Waals surface area contributed by atoms with Crippen molar-refractivity contribution in [2.24, 2.45) is 0 Å². The van der Waals surface area contributed by atoms with Crippen LogP contribution >= 0.6 is 0 Å². The molecule has 4 nitrogen and oxygen atoms in total. The summed E-state index contributed by atoms with van der Waals surface area (Å²) in [6.45, 7) is 2.59. The van der Waals surface area contributed by atoms with Crippen LogP contribution in [0.4, 0.5) is 11.4 Å². The molecule has 0 radical (unpaired) electrons. The van der Waals surface area contributed by atoms with E-state index in [0.717, 1.165) is 24.8 Å². The third-order valence-corrected chi connectivity index (χ3v) is 3.03. The molecule has 92 valence electrons. The summed E-state index contributed by atoms with van der Waals surface area (Å²) in [5.41, 5.74) is 8.10. The predicted octanol–water partition coefficient (Wildman–Crippen LogP) is 2.08. The Kier molecular flexibility index (Phi) is 3.64. The Hall–Kier alpha value is -1.55. The van der Waals surface area contributed by atoms with Gasteiger partial charge in [-0.15, -0.1) is 0 Å². The molecule has 0 bridgehead atoms. The molecular formula is C13H18N2O2. The number of hydrogen-bond acceptors (Lipinski definition) is 3. The topological polar surface area (TPSA) is 64.3 Å². The number of benzene rings is 1. The van der Waals surface area contributed by atoms with Gasteiger partial charge in [0.1, 0.15) is 6.10 Å². The molecule has 3 N–H and O–H groups in total. The molecule has 1 heterocycles. The van der Waals surface area contributed by atoms with Gasteiger partial charge in [0, 0.05) is 6.61 Å². The molecule has 1 amide bonds. The van der Waals surface area contributed by atoms with Gasteiger partial charge in [-0.25, -0.2) is 0 Å². The van der Waals surface area contributed by atoms with Crippen LogP contribution in [-0.4, -0.2) is 18.6 Å². The smallest absolute Gasteiger partial charge is 0.253 e. The van der Waals surface area contributed by atoms with Crippen molar-refractivity contribution >= 4 is 17.3 Å². The zero-order valence-electron chi connectivity index (χ0n) is 10.0. The van der Waals surface area contributed by atoms with E-state index in [1.54, 1.807) is 6.07 Å². The Morgan fingerprint density at radius 2 is 2.29 bits per heavy atom. The van der Waals surface area contributed by atoms with Crippen molar-refractivity contribution in [3.63, 3.8) is 0 Å². The van der Waals surface area contributed by atoms with Crippen molar-refractivity contribution in [3.8, 4) is 0 Å². The number of ether oxygens (including phenoxy) is 1.